The molecule has 0 unspecified atom stereocenters. The fourth-order valence-corrected chi connectivity index (χ4v) is 2.39. The van der Waals surface area contributed by atoms with E-state index in [1.807, 2.05) is 0 Å². The molecule has 0 bridgehead atoms. The highest BCUT2D eigenvalue weighted by Gasteiger charge is 2.16. The van der Waals surface area contributed by atoms with Crippen LogP contribution in [0.2, 0.25) is 5.02 Å². The Morgan fingerprint density at radius 2 is 2.26 bits per heavy atom. The minimum atomic E-state index is -0.352. The Balaban J connectivity index is 0.00000180. The number of rotatable bonds is 4. The molecule has 1 aromatic carbocycles. The van der Waals surface area contributed by atoms with Gasteiger partial charge < -0.3 is 10.5 Å². The van der Waals surface area contributed by atoms with Crippen molar-refractivity contribution in [3.63, 3.8) is 0 Å². The Labute approximate surface area is 124 Å². The summed E-state index contributed by atoms with van der Waals surface area (Å²) in [6, 6.07) is 4.43. The number of hydrogen-bond donors (Lipinski definition) is 1. The monoisotopic (exact) mass is 308 g/mol. The van der Waals surface area contributed by atoms with Gasteiger partial charge in [0.2, 0.25) is 0 Å². The smallest absolute Gasteiger partial charge is 0.138 e. The number of nitrogens with zero attached hydrogens (tertiary/aromatic N) is 1. The maximum Gasteiger partial charge on any atom is 0.138 e. The average molecular weight is 309 g/mol. The minimum absolute atomic E-state index is 0. The van der Waals surface area contributed by atoms with E-state index in [2.05, 4.69) is 4.90 Å². The molecule has 1 aromatic rings. The molecule has 3 nitrogen and oxygen atoms in total. The van der Waals surface area contributed by atoms with E-state index in [9.17, 15) is 4.39 Å². The third-order valence-electron chi connectivity index (χ3n) is 3.10. The summed E-state index contributed by atoms with van der Waals surface area (Å²) in [6.45, 7) is 3.34. The first kappa shape index (κ1) is 16.5. The summed E-state index contributed by atoms with van der Waals surface area (Å²) >= 11 is 5.88. The predicted octanol–water partition coefficient (Wildman–Crippen LogP) is 2.70. The van der Waals surface area contributed by atoms with Gasteiger partial charge in [-0.15, -0.1) is 12.4 Å². The molecule has 0 aromatic heterocycles. The molecule has 6 heteroatoms. The first-order valence-corrected chi connectivity index (χ1v) is 6.59. The van der Waals surface area contributed by atoms with Crippen LogP contribution >= 0.6 is 24.0 Å². The van der Waals surface area contributed by atoms with E-state index in [4.69, 9.17) is 22.1 Å². The Morgan fingerprint density at radius 3 is 2.95 bits per heavy atom. The third kappa shape index (κ3) is 5.15. The topological polar surface area (TPSA) is 38.5 Å². The Hall–Kier alpha value is -0.550. The highest BCUT2D eigenvalue weighted by molar-refractivity contribution is 6.32. The van der Waals surface area contributed by atoms with Crippen LogP contribution in [0.25, 0.3) is 0 Å². The van der Waals surface area contributed by atoms with Gasteiger partial charge in [-0.05, 0) is 37.6 Å². The second-order valence-corrected chi connectivity index (χ2v) is 5.03. The zero-order valence-corrected chi connectivity index (χ0v) is 12.2. The quantitative estimate of drug-likeness (QED) is 0.929. The SMILES string of the molecule is Cl.N[C@@H]1CCCN(CCOc2ccc(F)cc2Cl)C1. The zero-order valence-electron chi connectivity index (χ0n) is 10.6. The third-order valence-corrected chi connectivity index (χ3v) is 3.40. The van der Waals surface area contributed by atoms with Crippen molar-refractivity contribution >= 4 is 24.0 Å². The lowest BCUT2D eigenvalue weighted by Gasteiger charge is -2.30. The van der Waals surface area contributed by atoms with Crippen LogP contribution < -0.4 is 10.5 Å². The van der Waals surface area contributed by atoms with Crippen LogP contribution in [0.1, 0.15) is 12.8 Å². The Kier molecular flexibility index (Phi) is 6.86. The van der Waals surface area contributed by atoms with Crippen molar-refractivity contribution in [3.8, 4) is 5.75 Å². The summed E-state index contributed by atoms with van der Waals surface area (Å²) in [7, 11) is 0. The molecule has 1 aliphatic rings. The van der Waals surface area contributed by atoms with Gasteiger partial charge in [0.1, 0.15) is 18.2 Å². The van der Waals surface area contributed by atoms with Crippen LogP contribution in [0.3, 0.4) is 0 Å². The molecule has 0 radical (unpaired) electrons. The number of halogens is 3. The fraction of sp³-hybridized carbons (Fsp3) is 0.538. The lowest BCUT2D eigenvalue weighted by Crippen LogP contribution is -2.44. The van der Waals surface area contributed by atoms with E-state index in [-0.39, 0.29) is 24.3 Å². The van der Waals surface area contributed by atoms with Crippen molar-refractivity contribution in [1.82, 2.24) is 4.90 Å². The van der Waals surface area contributed by atoms with E-state index >= 15 is 0 Å². The van der Waals surface area contributed by atoms with Gasteiger partial charge in [-0.2, -0.15) is 0 Å². The van der Waals surface area contributed by atoms with Gasteiger partial charge in [0, 0.05) is 19.1 Å². The Morgan fingerprint density at radius 1 is 1.47 bits per heavy atom. The lowest BCUT2D eigenvalue weighted by atomic mass is 10.1. The highest BCUT2D eigenvalue weighted by Crippen LogP contribution is 2.24. The summed E-state index contributed by atoms with van der Waals surface area (Å²) in [5.41, 5.74) is 5.90. The normalized spacial score (nSPS) is 19.8. The van der Waals surface area contributed by atoms with Gasteiger partial charge in [0.05, 0.1) is 5.02 Å². The molecule has 1 aliphatic heterocycles. The molecule has 2 rings (SSSR count). The van der Waals surface area contributed by atoms with Crippen molar-refractivity contribution in [2.75, 3.05) is 26.2 Å². The van der Waals surface area contributed by atoms with Crippen LogP contribution in [0.5, 0.6) is 5.75 Å². The minimum Gasteiger partial charge on any atom is -0.491 e. The number of ether oxygens (including phenoxy) is 1. The molecular weight excluding hydrogens is 290 g/mol. The van der Waals surface area contributed by atoms with Crippen LogP contribution in [-0.2, 0) is 0 Å². The molecule has 1 fully saturated rings. The van der Waals surface area contributed by atoms with E-state index in [1.165, 1.54) is 12.1 Å². The Bertz CT molecular complexity index is 406. The molecule has 0 spiro atoms. The highest BCUT2D eigenvalue weighted by atomic mass is 35.5. The number of likely N-dealkylation sites (tertiary alicyclic amines) is 1. The summed E-state index contributed by atoms with van der Waals surface area (Å²) in [6.07, 6.45) is 2.24. The molecule has 1 atom stereocenters. The number of nitrogens with two attached hydrogens (primary N) is 1. The molecule has 1 heterocycles. The molecule has 2 N–H and O–H groups in total. The van der Waals surface area contributed by atoms with Gasteiger partial charge in [-0.3, -0.25) is 4.90 Å². The molecule has 0 aliphatic carbocycles. The number of benzene rings is 1. The molecule has 0 amide bonds. The molecule has 108 valence electrons. The van der Waals surface area contributed by atoms with Crippen LogP contribution in [-0.4, -0.2) is 37.2 Å². The number of hydrogen-bond acceptors (Lipinski definition) is 3. The second-order valence-electron chi connectivity index (χ2n) is 4.63. The largest absolute Gasteiger partial charge is 0.491 e. The van der Waals surface area contributed by atoms with Crippen molar-refractivity contribution in [2.45, 2.75) is 18.9 Å². The zero-order chi connectivity index (χ0) is 13.0. The first-order chi connectivity index (χ1) is 8.65. The molecular formula is C13H19Cl2FN2O. The van der Waals surface area contributed by atoms with Crippen molar-refractivity contribution in [1.29, 1.82) is 0 Å². The lowest BCUT2D eigenvalue weighted by molar-refractivity contribution is 0.171. The maximum atomic E-state index is 12.8. The first-order valence-electron chi connectivity index (χ1n) is 6.21. The van der Waals surface area contributed by atoms with Gasteiger partial charge in [-0.25, -0.2) is 4.39 Å². The fourth-order valence-electron chi connectivity index (χ4n) is 2.17. The van der Waals surface area contributed by atoms with E-state index in [0.29, 0.717) is 17.4 Å². The summed E-state index contributed by atoms with van der Waals surface area (Å²) < 4.78 is 18.4. The van der Waals surface area contributed by atoms with Crippen molar-refractivity contribution in [2.24, 2.45) is 5.73 Å². The summed E-state index contributed by atoms with van der Waals surface area (Å²) in [4.78, 5) is 2.28. The molecule has 0 saturated carbocycles. The van der Waals surface area contributed by atoms with Gasteiger partial charge in [-0.1, -0.05) is 11.6 Å². The van der Waals surface area contributed by atoms with Crippen LogP contribution in [0.4, 0.5) is 4.39 Å². The van der Waals surface area contributed by atoms with Gasteiger partial charge >= 0.3 is 0 Å². The van der Waals surface area contributed by atoms with E-state index < -0.39 is 0 Å². The average Bonchev–Trinajstić information content (AvgIpc) is 2.32. The summed E-state index contributed by atoms with van der Waals surface area (Å²) in [5, 5.41) is 0.311. The second kappa shape index (κ2) is 7.90. The van der Waals surface area contributed by atoms with Crippen molar-refractivity contribution in [3.05, 3.63) is 29.0 Å². The number of piperidine rings is 1. The van der Waals surface area contributed by atoms with Crippen LogP contribution in [0, 0.1) is 5.82 Å². The van der Waals surface area contributed by atoms with Gasteiger partial charge in [0.15, 0.2) is 0 Å². The molecule has 1 saturated heterocycles. The van der Waals surface area contributed by atoms with E-state index in [1.54, 1.807) is 6.07 Å². The van der Waals surface area contributed by atoms with Crippen molar-refractivity contribution < 1.29 is 9.13 Å². The van der Waals surface area contributed by atoms with E-state index in [0.717, 1.165) is 32.5 Å². The maximum absolute atomic E-state index is 12.8. The standard InChI is InChI=1S/C13H18ClFN2O.ClH/c14-12-8-10(15)3-4-13(12)18-7-6-17-5-1-2-11(16)9-17;/h3-4,8,11H,1-2,5-7,9,16H2;1H/t11-;/m1./s1. The summed E-state index contributed by atoms with van der Waals surface area (Å²) in [5.74, 6) is 0.175. The van der Waals surface area contributed by atoms with Crippen LogP contribution in [0.15, 0.2) is 18.2 Å². The predicted molar refractivity (Wildman–Crippen MR) is 77.8 cm³/mol. The molecule has 19 heavy (non-hydrogen) atoms. The van der Waals surface area contributed by atoms with Gasteiger partial charge in [0.25, 0.3) is 0 Å².